The molecule has 0 bridgehead atoms. The molecule has 6 heteroatoms. The summed E-state index contributed by atoms with van der Waals surface area (Å²) in [6.07, 6.45) is 1.59. The predicted octanol–water partition coefficient (Wildman–Crippen LogP) is 3.96. The average molecular weight is 385 g/mol. The van der Waals surface area contributed by atoms with Gasteiger partial charge in [-0.1, -0.05) is 36.4 Å². The molecule has 0 N–H and O–H groups in total. The fraction of sp³-hybridized carbons (Fsp3) is 0.0870. The Labute approximate surface area is 167 Å². The molecule has 0 spiro atoms. The van der Waals surface area contributed by atoms with E-state index in [-0.39, 0.29) is 5.56 Å². The lowest BCUT2D eigenvalue weighted by atomic mass is 10.1. The third-order valence-corrected chi connectivity index (χ3v) is 4.55. The van der Waals surface area contributed by atoms with Crippen molar-refractivity contribution in [2.75, 3.05) is 14.2 Å². The Morgan fingerprint density at radius 2 is 1.52 bits per heavy atom. The summed E-state index contributed by atoms with van der Waals surface area (Å²) in [4.78, 5) is 17.9. The molecule has 29 heavy (non-hydrogen) atoms. The largest absolute Gasteiger partial charge is 0.496 e. The van der Waals surface area contributed by atoms with Gasteiger partial charge in [-0.15, -0.1) is 0 Å². The lowest BCUT2D eigenvalue weighted by molar-refractivity contribution is 0.414. The van der Waals surface area contributed by atoms with Crippen molar-refractivity contribution in [2.45, 2.75) is 0 Å². The Kier molecular flexibility index (Phi) is 5.07. The predicted molar refractivity (Wildman–Crippen MR) is 114 cm³/mol. The van der Waals surface area contributed by atoms with Gasteiger partial charge in [-0.2, -0.15) is 9.78 Å². The molecule has 1 heterocycles. The first-order valence-electron chi connectivity index (χ1n) is 9.05. The van der Waals surface area contributed by atoms with Crippen molar-refractivity contribution in [3.8, 4) is 22.9 Å². The number of nitrogens with zero attached hydrogens (tertiary/aromatic N) is 3. The molecular formula is C23H19N3O3. The SMILES string of the molecule is COc1ccccc1/C=N\n1c(-c2ccccc2OC)nc2ccccc2c1=O. The van der Waals surface area contributed by atoms with E-state index in [1.807, 2.05) is 66.7 Å². The van der Waals surface area contributed by atoms with Gasteiger partial charge in [0.1, 0.15) is 11.5 Å². The number of fused-ring (bicyclic) bond motifs is 1. The Morgan fingerprint density at radius 1 is 0.862 bits per heavy atom. The summed E-state index contributed by atoms with van der Waals surface area (Å²) in [5.74, 6) is 1.67. The maximum Gasteiger partial charge on any atom is 0.282 e. The molecule has 0 saturated carbocycles. The number of benzene rings is 3. The van der Waals surface area contributed by atoms with E-state index in [9.17, 15) is 4.79 Å². The number of hydrogen-bond donors (Lipinski definition) is 0. The molecule has 6 nitrogen and oxygen atoms in total. The summed E-state index contributed by atoms with van der Waals surface area (Å²) in [6.45, 7) is 0. The zero-order valence-corrected chi connectivity index (χ0v) is 16.1. The molecule has 4 aromatic rings. The summed E-state index contributed by atoms with van der Waals surface area (Å²) in [6, 6.07) is 22.1. The second-order valence-corrected chi connectivity index (χ2v) is 6.26. The maximum absolute atomic E-state index is 13.2. The van der Waals surface area contributed by atoms with Gasteiger partial charge in [-0.05, 0) is 36.4 Å². The van der Waals surface area contributed by atoms with Gasteiger partial charge in [0, 0.05) is 5.56 Å². The monoisotopic (exact) mass is 385 g/mol. The minimum atomic E-state index is -0.261. The molecule has 0 aliphatic heterocycles. The summed E-state index contributed by atoms with van der Waals surface area (Å²) < 4.78 is 12.1. The van der Waals surface area contributed by atoms with E-state index >= 15 is 0 Å². The summed E-state index contributed by atoms with van der Waals surface area (Å²) in [7, 11) is 3.18. The van der Waals surface area contributed by atoms with Crippen LogP contribution in [0.5, 0.6) is 11.5 Å². The van der Waals surface area contributed by atoms with Crippen LogP contribution < -0.4 is 15.0 Å². The molecule has 0 saturated heterocycles. The fourth-order valence-corrected chi connectivity index (χ4v) is 3.13. The maximum atomic E-state index is 13.2. The summed E-state index contributed by atoms with van der Waals surface area (Å²) >= 11 is 0. The van der Waals surface area contributed by atoms with E-state index < -0.39 is 0 Å². The van der Waals surface area contributed by atoms with E-state index in [0.717, 1.165) is 5.56 Å². The number of methoxy groups -OCH3 is 2. The minimum Gasteiger partial charge on any atom is -0.496 e. The van der Waals surface area contributed by atoms with Crippen LogP contribution in [-0.2, 0) is 0 Å². The lowest BCUT2D eigenvalue weighted by Gasteiger charge is -2.12. The third-order valence-electron chi connectivity index (χ3n) is 4.55. The Morgan fingerprint density at radius 3 is 2.31 bits per heavy atom. The highest BCUT2D eigenvalue weighted by atomic mass is 16.5. The molecule has 3 aromatic carbocycles. The van der Waals surface area contributed by atoms with E-state index in [0.29, 0.717) is 33.8 Å². The van der Waals surface area contributed by atoms with Crippen molar-refractivity contribution < 1.29 is 9.47 Å². The quantitative estimate of drug-likeness (QED) is 0.488. The van der Waals surface area contributed by atoms with Crippen molar-refractivity contribution in [2.24, 2.45) is 5.10 Å². The second kappa shape index (κ2) is 7.98. The van der Waals surface area contributed by atoms with E-state index in [4.69, 9.17) is 14.5 Å². The molecule has 4 rings (SSSR count). The molecular weight excluding hydrogens is 366 g/mol. The van der Waals surface area contributed by atoms with Gasteiger partial charge in [-0.25, -0.2) is 4.98 Å². The van der Waals surface area contributed by atoms with Crippen molar-refractivity contribution in [3.63, 3.8) is 0 Å². The highest BCUT2D eigenvalue weighted by molar-refractivity contribution is 5.84. The van der Waals surface area contributed by atoms with Crippen LogP contribution >= 0.6 is 0 Å². The van der Waals surface area contributed by atoms with Crippen LogP contribution in [0.1, 0.15) is 5.56 Å². The first-order valence-corrected chi connectivity index (χ1v) is 9.05. The van der Waals surface area contributed by atoms with Crippen LogP contribution in [0.15, 0.2) is 82.7 Å². The van der Waals surface area contributed by atoms with Gasteiger partial charge in [0.25, 0.3) is 5.56 Å². The minimum absolute atomic E-state index is 0.261. The highest BCUT2D eigenvalue weighted by Gasteiger charge is 2.15. The molecule has 0 unspecified atom stereocenters. The summed E-state index contributed by atoms with van der Waals surface area (Å²) in [5, 5.41) is 4.96. The van der Waals surface area contributed by atoms with E-state index in [1.165, 1.54) is 4.68 Å². The van der Waals surface area contributed by atoms with Gasteiger partial charge in [0.05, 0.1) is 36.9 Å². The third kappa shape index (κ3) is 3.48. The van der Waals surface area contributed by atoms with Crippen LogP contribution in [0.25, 0.3) is 22.3 Å². The van der Waals surface area contributed by atoms with Gasteiger partial charge in [-0.3, -0.25) is 4.79 Å². The molecule has 144 valence electrons. The van der Waals surface area contributed by atoms with Crippen LogP contribution in [0, 0.1) is 0 Å². The second-order valence-electron chi connectivity index (χ2n) is 6.26. The number of hydrogen-bond acceptors (Lipinski definition) is 5. The molecule has 0 aliphatic rings. The molecule has 0 atom stereocenters. The van der Waals surface area contributed by atoms with Crippen molar-refractivity contribution in [3.05, 3.63) is 88.7 Å². The van der Waals surface area contributed by atoms with Crippen molar-refractivity contribution in [1.82, 2.24) is 9.66 Å². The van der Waals surface area contributed by atoms with Crippen LogP contribution in [-0.4, -0.2) is 30.1 Å². The molecule has 0 radical (unpaired) electrons. The van der Waals surface area contributed by atoms with Gasteiger partial charge >= 0.3 is 0 Å². The van der Waals surface area contributed by atoms with Crippen LogP contribution in [0.2, 0.25) is 0 Å². The Bertz CT molecular complexity index is 1260. The number of para-hydroxylation sites is 3. The number of ether oxygens (including phenoxy) is 2. The van der Waals surface area contributed by atoms with Gasteiger partial charge < -0.3 is 9.47 Å². The van der Waals surface area contributed by atoms with E-state index in [1.54, 1.807) is 26.5 Å². The van der Waals surface area contributed by atoms with Crippen molar-refractivity contribution in [1.29, 1.82) is 0 Å². The Balaban J connectivity index is 1.98. The molecule has 1 aromatic heterocycles. The van der Waals surface area contributed by atoms with Gasteiger partial charge in [0.15, 0.2) is 5.82 Å². The smallest absolute Gasteiger partial charge is 0.282 e. The zero-order chi connectivity index (χ0) is 20.2. The first kappa shape index (κ1) is 18.4. The highest BCUT2D eigenvalue weighted by Crippen LogP contribution is 2.28. The van der Waals surface area contributed by atoms with E-state index in [2.05, 4.69) is 5.10 Å². The zero-order valence-electron chi connectivity index (χ0n) is 16.1. The van der Waals surface area contributed by atoms with Crippen LogP contribution in [0.4, 0.5) is 0 Å². The van der Waals surface area contributed by atoms with Gasteiger partial charge in [0.2, 0.25) is 0 Å². The molecule has 0 amide bonds. The number of rotatable bonds is 5. The Hall–Kier alpha value is -3.93. The standard InChI is InChI=1S/C23H19N3O3/c1-28-20-13-7-3-9-16(20)15-24-26-22(18-11-5-8-14-21(18)29-2)25-19-12-6-4-10-17(19)23(26)27/h3-15H,1-2H3/b24-15-. The summed E-state index contributed by atoms with van der Waals surface area (Å²) in [5.41, 5.74) is 1.76. The van der Waals surface area contributed by atoms with Crippen molar-refractivity contribution >= 4 is 17.1 Å². The first-order chi connectivity index (χ1) is 14.2. The molecule has 0 aliphatic carbocycles. The normalized spacial score (nSPS) is 11.1. The fourth-order valence-electron chi connectivity index (χ4n) is 3.13. The van der Waals surface area contributed by atoms with Crippen LogP contribution in [0.3, 0.4) is 0 Å². The molecule has 0 fully saturated rings. The topological polar surface area (TPSA) is 65.7 Å². The lowest BCUT2D eigenvalue weighted by Crippen LogP contribution is -2.20. The number of aromatic nitrogens is 2. The average Bonchev–Trinajstić information content (AvgIpc) is 2.78.